The molecule has 0 aromatic carbocycles. The second kappa shape index (κ2) is 5.10. The molecule has 0 bridgehead atoms. The Hall–Kier alpha value is -0.130. The van der Waals surface area contributed by atoms with Gasteiger partial charge in [-0.05, 0) is 31.7 Å². The van der Waals surface area contributed by atoms with Gasteiger partial charge in [0.15, 0.2) is 9.84 Å². The van der Waals surface area contributed by atoms with E-state index in [1.54, 1.807) is 0 Å². The van der Waals surface area contributed by atoms with Gasteiger partial charge in [0.2, 0.25) is 0 Å². The molecular weight excluding hydrogens is 250 g/mol. The maximum absolute atomic E-state index is 12.3. The Balaban J connectivity index is 2.00. The van der Waals surface area contributed by atoms with E-state index in [0.29, 0.717) is 13.1 Å². The lowest BCUT2D eigenvalue weighted by atomic mass is 9.81. The minimum Gasteiger partial charge on any atom is -0.392 e. The number of rotatable bonds is 3. The van der Waals surface area contributed by atoms with Crippen molar-refractivity contribution in [2.75, 3.05) is 25.4 Å². The molecule has 2 fully saturated rings. The molecule has 1 spiro atoms. The highest BCUT2D eigenvalue weighted by Gasteiger charge is 2.49. The van der Waals surface area contributed by atoms with Gasteiger partial charge in [-0.25, -0.2) is 8.42 Å². The largest absolute Gasteiger partial charge is 0.392 e. The minimum absolute atomic E-state index is 0.225. The van der Waals surface area contributed by atoms with Crippen LogP contribution in [0.5, 0.6) is 0 Å². The number of hydrogen-bond acceptors (Lipinski definition) is 4. The predicted octanol–water partition coefficient (Wildman–Crippen LogP) is 1.05. The van der Waals surface area contributed by atoms with Crippen molar-refractivity contribution in [2.24, 2.45) is 5.92 Å². The van der Waals surface area contributed by atoms with Crippen LogP contribution >= 0.6 is 0 Å². The first-order chi connectivity index (χ1) is 8.36. The smallest absolute Gasteiger partial charge is 0.157 e. The quantitative estimate of drug-likeness (QED) is 0.836. The standard InChI is InChI=1S/C13H25NO3S/c1-11(2)12(15)10-14-7-6-13(4-3-5-13)18(16,17)9-8-14/h11-12,15H,3-10H2,1-2H3. The number of aliphatic hydroxyl groups excluding tert-OH is 1. The molecule has 0 aromatic rings. The number of aliphatic hydroxyl groups is 1. The zero-order chi connectivity index (χ0) is 13.4. The average Bonchev–Trinajstić information content (AvgIpc) is 2.35. The van der Waals surface area contributed by atoms with Crippen LogP contribution in [0.25, 0.3) is 0 Å². The molecule has 106 valence electrons. The number of hydrogen-bond donors (Lipinski definition) is 1. The first kappa shape index (κ1) is 14.3. The van der Waals surface area contributed by atoms with Gasteiger partial charge in [0.25, 0.3) is 0 Å². The summed E-state index contributed by atoms with van der Waals surface area (Å²) >= 11 is 0. The molecule has 1 atom stereocenters. The fraction of sp³-hybridized carbons (Fsp3) is 1.00. The molecule has 1 saturated heterocycles. The summed E-state index contributed by atoms with van der Waals surface area (Å²) in [6.45, 7) is 5.97. The molecule has 2 aliphatic rings. The summed E-state index contributed by atoms with van der Waals surface area (Å²) in [7, 11) is -2.94. The minimum atomic E-state index is -2.94. The van der Waals surface area contributed by atoms with E-state index in [0.717, 1.165) is 32.2 Å². The van der Waals surface area contributed by atoms with E-state index in [4.69, 9.17) is 0 Å². The normalized spacial score (nSPS) is 28.9. The van der Waals surface area contributed by atoms with Crippen molar-refractivity contribution in [3.8, 4) is 0 Å². The summed E-state index contributed by atoms with van der Waals surface area (Å²) in [5.41, 5.74) is 0. The monoisotopic (exact) mass is 275 g/mol. The van der Waals surface area contributed by atoms with Crippen molar-refractivity contribution in [3.05, 3.63) is 0 Å². The van der Waals surface area contributed by atoms with Gasteiger partial charge in [0.05, 0.1) is 16.6 Å². The van der Waals surface area contributed by atoms with E-state index in [9.17, 15) is 13.5 Å². The molecule has 0 radical (unpaired) electrons. The molecule has 0 aromatic heterocycles. The van der Waals surface area contributed by atoms with Crippen LogP contribution < -0.4 is 0 Å². The van der Waals surface area contributed by atoms with E-state index in [1.807, 2.05) is 13.8 Å². The third-order valence-electron chi connectivity index (χ3n) is 4.70. The highest BCUT2D eigenvalue weighted by Crippen LogP contribution is 2.43. The van der Waals surface area contributed by atoms with Crippen molar-refractivity contribution in [2.45, 2.75) is 50.4 Å². The van der Waals surface area contributed by atoms with Gasteiger partial charge in [0, 0.05) is 13.1 Å². The summed E-state index contributed by atoms with van der Waals surface area (Å²) in [6.07, 6.45) is 3.13. The van der Waals surface area contributed by atoms with E-state index < -0.39 is 14.6 Å². The molecule has 1 aliphatic heterocycles. The summed E-state index contributed by atoms with van der Waals surface area (Å²) in [5, 5.41) is 9.91. The van der Waals surface area contributed by atoms with Crippen LogP contribution in [-0.2, 0) is 9.84 Å². The van der Waals surface area contributed by atoms with E-state index in [1.165, 1.54) is 0 Å². The maximum atomic E-state index is 12.3. The Bertz CT molecular complexity index is 387. The zero-order valence-electron chi connectivity index (χ0n) is 11.4. The molecule has 1 heterocycles. The highest BCUT2D eigenvalue weighted by atomic mass is 32.2. The Kier molecular flexibility index (Phi) is 4.04. The Labute approximate surface area is 110 Å². The summed E-state index contributed by atoms with van der Waals surface area (Å²) in [5.74, 6) is 0.486. The van der Waals surface area contributed by atoms with Gasteiger partial charge in [-0.1, -0.05) is 20.3 Å². The van der Waals surface area contributed by atoms with Crippen LogP contribution in [0.1, 0.15) is 39.5 Å². The molecule has 1 unspecified atom stereocenters. The number of β-amino-alcohol motifs (C(OH)–C–C–N with tert-alkyl or cyclic N) is 1. The summed E-state index contributed by atoms with van der Waals surface area (Å²) in [6, 6.07) is 0. The molecule has 4 nitrogen and oxygen atoms in total. The van der Waals surface area contributed by atoms with E-state index in [-0.39, 0.29) is 17.8 Å². The second-order valence-corrected chi connectivity index (χ2v) is 8.72. The fourth-order valence-corrected chi connectivity index (χ4v) is 5.13. The van der Waals surface area contributed by atoms with Gasteiger partial charge in [-0.15, -0.1) is 0 Å². The molecule has 1 N–H and O–H groups in total. The molecule has 2 rings (SSSR count). The third kappa shape index (κ3) is 2.58. The van der Waals surface area contributed by atoms with Crippen LogP contribution in [0.2, 0.25) is 0 Å². The number of nitrogens with zero attached hydrogens (tertiary/aromatic N) is 1. The van der Waals surface area contributed by atoms with Gasteiger partial charge < -0.3 is 5.11 Å². The lowest BCUT2D eigenvalue weighted by molar-refractivity contribution is 0.0768. The first-order valence-corrected chi connectivity index (χ1v) is 8.64. The number of sulfone groups is 1. The van der Waals surface area contributed by atoms with Gasteiger partial charge >= 0.3 is 0 Å². The molecular formula is C13H25NO3S. The fourth-order valence-electron chi connectivity index (χ4n) is 2.89. The van der Waals surface area contributed by atoms with Crippen LogP contribution in [0, 0.1) is 5.92 Å². The van der Waals surface area contributed by atoms with Crippen molar-refractivity contribution in [1.29, 1.82) is 0 Å². The average molecular weight is 275 g/mol. The van der Waals surface area contributed by atoms with Crippen molar-refractivity contribution < 1.29 is 13.5 Å². The topological polar surface area (TPSA) is 57.6 Å². The summed E-state index contributed by atoms with van der Waals surface area (Å²) in [4.78, 5) is 2.12. The highest BCUT2D eigenvalue weighted by molar-refractivity contribution is 7.92. The molecule has 0 amide bonds. The zero-order valence-corrected chi connectivity index (χ0v) is 12.2. The van der Waals surface area contributed by atoms with Gasteiger partial charge in [-0.3, -0.25) is 4.90 Å². The second-order valence-electron chi connectivity index (χ2n) is 6.22. The Morgan fingerprint density at radius 2 is 1.89 bits per heavy atom. The summed E-state index contributed by atoms with van der Waals surface area (Å²) < 4.78 is 24.2. The molecule has 1 saturated carbocycles. The van der Waals surface area contributed by atoms with Crippen LogP contribution in [0.4, 0.5) is 0 Å². The Morgan fingerprint density at radius 1 is 1.22 bits per heavy atom. The lowest BCUT2D eigenvalue weighted by Crippen LogP contribution is -2.46. The first-order valence-electron chi connectivity index (χ1n) is 6.99. The van der Waals surface area contributed by atoms with Gasteiger partial charge in [0.1, 0.15) is 0 Å². The van der Waals surface area contributed by atoms with Crippen LogP contribution in [-0.4, -0.2) is 54.7 Å². The van der Waals surface area contributed by atoms with Gasteiger partial charge in [-0.2, -0.15) is 0 Å². The van der Waals surface area contributed by atoms with E-state index in [2.05, 4.69) is 4.90 Å². The van der Waals surface area contributed by atoms with Crippen LogP contribution in [0.3, 0.4) is 0 Å². The third-order valence-corrected chi connectivity index (χ3v) is 7.35. The lowest BCUT2D eigenvalue weighted by Gasteiger charge is -2.40. The van der Waals surface area contributed by atoms with Crippen LogP contribution in [0.15, 0.2) is 0 Å². The SMILES string of the molecule is CC(C)C(O)CN1CCC2(CCC2)S(=O)(=O)CC1. The molecule has 1 aliphatic carbocycles. The van der Waals surface area contributed by atoms with Crippen molar-refractivity contribution >= 4 is 9.84 Å². The molecule has 5 heteroatoms. The Morgan fingerprint density at radius 3 is 2.39 bits per heavy atom. The predicted molar refractivity (Wildman–Crippen MR) is 72.3 cm³/mol. The maximum Gasteiger partial charge on any atom is 0.157 e. The van der Waals surface area contributed by atoms with Crippen molar-refractivity contribution in [1.82, 2.24) is 4.90 Å². The van der Waals surface area contributed by atoms with E-state index >= 15 is 0 Å². The molecule has 18 heavy (non-hydrogen) atoms. The van der Waals surface area contributed by atoms with Crippen molar-refractivity contribution in [3.63, 3.8) is 0 Å².